The second kappa shape index (κ2) is 52.4. The van der Waals surface area contributed by atoms with Crippen molar-refractivity contribution in [3.63, 3.8) is 0 Å². The lowest BCUT2D eigenvalue weighted by atomic mass is 9.75. The maximum Gasteiger partial charge on any atom is 0.222 e. The van der Waals surface area contributed by atoms with E-state index in [0.29, 0.717) is 45.6 Å². The van der Waals surface area contributed by atoms with Crippen LogP contribution >= 0.6 is 0 Å². The molecule has 0 spiro atoms. The van der Waals surface area contributed by atoms with Crippen molar-refractivity contribution < 1.29 is 9.59 Å². The molecule has 0 aliphatic carbocycles. The number of unbranched alkanes of at least 4 members (excludes halogenated alkanes) is 13. The Morgan fingerprint density at radius 2 is 0.307 bits per heavy atom. The van der Waals surface area contributed by atoms with Gasteiger partial charge in [0.2, 0.25) is 11.8 Å². The van der Waals surface area contributed by atoms with Gasteiger partial charge in [0, 0.05) is 45.6 Å². The van der Waals surface area contributed by atoms with Crippen molar-refractivity contribution in [2.24, 2.45) is 0 Å². The molecule has 0 heterocycles. The van der Waals surface area contributed by atoms with Gasteiger partial charge in [-0.3, -0.25) is 35.8 Å². The van der Waals surface area contributed by atoms with Gasteiger partial charge in [0.15, 0.2) is 0 Å². The fourth-order valence-corrected chi connectivity index (χ4v) is 21.3. The van der Waals surface area contributed by atoms with E-state index in [4.69, 9.17) is 0 Å². The average molecular weight is 1810 g/mol. The summed E-state index contributed by atoms with van der Waals surface area (Å²) < 4.78 is 0. The number of carbonyl (C=O) groups is 2. The van der Waals surface area contributed by atoms with Gasteiger partial charge in [-0.1, -0.05) is 519 Å². The second-order valence-electron chi connectivity index (χ2n) is 36.9. The first kappa shape index (κ1) is 98.5. The molecule has 15 aromatic carbocycles. The number of amides is 2. The first-order chi connectivity index (χ1) is 67.9. The molecule has 9 nitrogen and oxygen atoms in total. The Labute approximate surface area is 818 Å². The zero-order valence-electron chi connectivity index (χ0n) is 80.4. The van der Waals surface area contributed by atoms with E-state index < -0.39 is 27.7 Å². The standard InChI is InChI=1S/C128H141N7O2/c136-122(133(103-62-98-130-125(110-71-32-14-33-72-110,111-73-34-15-35-74-111)112-75-36-16-37-76-112)101-59-58-97-129-124(107-65-26-11-27-66-107,108-67-28-12-29-68-108)109-69-30-13-31-70-109)95-56-9-7-5-3-1-2-4-6-8-10-57-96-123(137)134(104-63-99-131-126(113-77-38-17-39-78-113,114-79-40-18-41-80-114)115-81-42-19-43-82-115)102-60-61-105-135(128(119-89-50-23-51-90-119,120-91-52-24-53-92-120)121-93-54-25-55-94-121)106-64-100-132-127(116-83-44-20-45-84-116,117-85-46-21-47-86-117)118-87-48-22-49-88-118/h11-55,65-94,129-132H,1-10,56-64,95-106H2. The molecule has 15 aromatic rings. The van der Waals surface area contributed by atoms with Crippen LogP contribution in [0.2, 0.25) is 0 Å². The van der Waals surface area contributed by atoms with E-state index in [1.54, 1.807) is 0 Å². The van der Waals surface area contributed by atoms with Crippen LogP contribution in [0.5, 0.6) is 0 Å². The summed E-state index contributed by atoms with van der Waals surface area (Å²) in [7, 11) is 0. The van der Waals surface area contributed by atoms with Gasteiger partial charge < -0.3 is 9.80 Å². The molecule has 0 bridgehead atoms. The summed E-state index contributed by atoms with van der Waals surface area (Å²) in [5, 5.41) is 16.6. The molecule has 0 aliphatic heterocycles. The summed E-state index contributed by atoms with van der Waals surface area (Å²) in [6.45, 7) is 7.25. The summed E-state index contributed by atoms with van der Waals surface area (Å²) in [4.78, 5) is 37.1. The molecule has 0 radical (unpaired) electrons. The molecule has 0 saturated carbocycles. The molecule has 15 rings (SSSR count). The van der Waals surface area contributed by atoms with Crippen LogP contribution in [0.25, 0.3) is 0 Å². The van der Waals surface area contributed by atoms with Gasteiger partial charge in [-0.15, -0.1) is 0 Å². The van der Waals surface area contributed by atoms with E-state index >= 15 is 4.79 Å². The van der Waals surface area contributed by atoms with Gasteiger partial charge >= 0.3 is 0 Å². The molecule has 0 aromatic heterocycles. The summed E-state index contributed by atoms with van der Waals surface area (Å²) in [5.41, 5.74) is 15.0. The number of nitrogens with one attached hydrogen (secondary N) is 4. The predicted molar refractivity (Wildman–Crippen MR) is 570 cm³/mol. The highest BCUT2D eigenvalue weighted by atomic mass is 16.2. The van der Waals surface area contributed by atoms with Crippen molar-refractivity contribution in [3.8, 4) is 0 Å². The van der Waals surface area contributed by atoms with Gasteiger partial charge in [-0.2, -0.15) is 0 Å². The Kier molecular flexibility index (Phi) is 37.7. The topological polar surface area (TPSA) is 92.0 Å². The van der Waals surface area contributed by atoms with Crippen LogP contribution in [0.1, 0.15) is 218 Å². The number of carbonyl (C=O) groups excluding carboxylic acids is 2. The molecule has 0 atom stereocenters. The molecule has 0 aliphatic rings. The maximum atomic E-state index is 15.2. The third kappa shape index (κ3) is 25.1. The number of rotatable bonds is 57. The highest BCUT2D eigenvalue weighted by molar-refractivity contribution is 5.76. The van der Waals surface area contributed by atoms with Gasteiger partial charge in [-0.25, -0.2) is 0 Å². The Balaban J connectivity index is 0.570. The normalized spacial score (nSPS) is 11.9. The fourth-order valence-electron chi connectivity index (χ4n) is 21.3. The smallest absolute Gasteiger partial charge is 0.222 e. The summed E-state index contributed by atoms with van der Waals surface area (Å²) in [6, 6.07) is 164. The average Bonchev–Trinajstić information content (AvgIpc) is 0.728. The number of hydrogen-bond donors (Lipinski definition) is 4. The van der Waals surface area contributed by atoms with Gasteiger partial charge in [0.25, 0.3) is 0 Å². The molecule has 0 unspecified atom stereocenters. The maximum absolute atomic E-state index is 15.2. The minimum absolute atomic E-state index is 0.256. The predicted octanol–water partition coefficient (Wildman–Crippen LogP) is 27.5. The van der Waals surface area contributed by atoms with E-state index in [-0.39, 0.29) is 11.8 Å². The zero-order valence-corrected chi connectivity index (χ0v) is 80.4. The Morgan fingerprint density at radius 3 is 0.511 bits per heavy atom. The van der Waals surface area contributed by atoms with Crippen molar-refractivity contribution in [1.82, 2.24) is 36.0 Å². The summed E-state index contributed by atoms with van der Waals surface area (Å²) in [6.07, 6.45) is 20.5. The van der Waals surface area contributed by atoms with Crippen LogP contribution < -0.4 is 21.3 Å². The van der Waals surface area contributed by atoms with E-state index in [0.717, 1.165) is 116 Å². The number of hydrogen-bond acceptors (Lipinski definition) is 7. The van der Waals surface area contributed by atoms with Crippen molar-refractivity contribution in [1.29, 1.82) is 0 Å². The molecule has 2 amide bonds. The van der Waals surface area contributed by atoms with E-state index in [1.807, 2.05) is 0 Å². The Hall–Kier alpha value is -13.0. The van der Waals surface area contributed by atoms with Crippen LogP contribution in [0, 0.1) is 0 Å². The molecule has 9 heteroatoms. The lowest BCUT2D eigenvalue weighted by Gasteiger charge is -2.46. The van der Waals surface area contributed by atoms with E-state index in [9.17, 15) is 4.79 Å². The highest BCUT2D eigenvalue weighted by Crippen LogP contribution is 2.46. The van der Waals surface area contributed by atoms with Crippen molar-refractivity contribution in [2.45, 2.75) is 163 Å². The fraction of sp³-hybridized carbons (Fsp3) is 0.281. The molecule has 700 valence electrons. The molecule has 4 N–H and O–H groups in total. The summed E-state index contributed by atoms with van der Waals surface area (Å²) >= 11 is 0. The quantitative estimate of drug-likeness (QED) is 0.0223. The minimum atomic E-state index is -0.640. The van der Waals surface area contributed by atoms with Crippen molar-refractivity contribution >= 4 is 11.8 Å². The monoisotopic (exact) mass is 1810 g/mol. The zero-order chi connectivity index (χ0) is 93.8. The lowest BCUT2D eigenvalue weighted by molar-refractivity contribution is -0.132. The first-order valence-corrected chi connectivity index (χ1v) is 51.0. The van der Waals surface area contributed by atoms with Crippen molar-refractivity contribution in [2.75, 3.05) is 65.4 Å². The highest BCUT2D eigenvalue weighted by Gasteiger charge is 2.44. The minimum Gasteiger partial charge on any atom is -0.343 e. The van der Waals surface area contributed by atoms with Crippen LogP contribution in [0.3, 0.4) is 0 Å². The summed E-state index contributed by atoms with van der Waals surface area (Å²) in [5.74, 6) is 0.519. The van der Waals surface area contributed by atoms with Gasteiger partial charge in [0.1, 0.15) is 0 Å². The van der Waals surface area contributed by atoms with Crippen LogP contribution in [-0.4, -0.2) is 92.0 Å². The van der Waals surface area contributed by atoms with Crippen molar-refractivity contribution in [3.05, 3.63) is 538 Å². The van der Waals surface area contributed by atoms with Crippen LogP contribution in [-0.2, 0) is 37.3 Å². The van der Waals surface area contributed by atoms with E-state index in [2.05, 4.69) is 491 Å². The van der Waals surface area contributed by atoms with Gasteiger partial charge in [-0.05, 0) is 174 Å². The van der Waals surface area contributed by atoms with Gasteiger partial charge in [0.05, 0.1) is 27.7 Å². The lowest BCUT2D eigenvalue weighted by Crippen LogP contribution is -2.50. The third-order valence-electron chi connectivity index (χ3n) is 28.1. The SMILES string of the molecule is O=C(CCCCCCCCCCCCCCC(=O)N(CCCCN(CCCNC(c1ccccc1)(c1ccccc1)c1ccccc1)C(c1ccccc1)(c1ccccc1)c1ccccc1)CCCNC(c1ccccc1)(c1ccccc1)c1ccccc1)N(CCCCNC(c1ccccc1)(c1ccccc1)c1ccccc1)CCCNC(c1ccccc1)(c1ccccc1)c1ccccc1. The van der Waals surface area contributed by atoms with E-state index in [1.165, 1.54) is 122 Å². The first-order valence-electron chi connectivity index (χ1n) is 51.0. The second-order valence-corrected chi connectivity index (χ2v) is 36.9. The third-order valence-corrected chi connectivity index (χ3v) is 28.1. The molecule has 0 fully saturated rings. The number of benzene rings is 15. The molecular weight excluding hydrogens is 1670 g/mol. The molecule has 0 saturated heterocycles. The number of nitrogens with zero attached hydrogens (tertiary/aromatic N) is 3. The Morgan fingerprint density at radius 1 is 0.161 bits per heavy atom. The van der Waals surface area contributed by atoms with Crippen LogP contribution in [0.15, 0.2) is 455 Å². The Bertz CT molecular complexity index is 5380. The largest absolute Gasteiger partial charge is 0.343 e. The molecule has 137 heavy (non-hydrogen) atoms. The molecular formula is C128H141N7O2. The van der Waals surface area contributed by atoms with Crippen LogP contribution in [0.4, 0.5) is 0 Å².